The highest BCUT2D eigenvalue weighted by Gasteiger charge is 2.48. The molecule has 8 heteroatoms. The highest BCUT2D eigenvalue weighted by Crippen LogP contribution is 2.47. The van der Waals surface area contributed by atoms with Crippen molar-refractivity contribution >= 4 is 34.2 Å². The Morgan fingerprint density at radius 2 is 1.55 bits per heavy atom. The highest BCUT2D eigenvalue weighted by atomic mass is 32.2. The summed E-state index contributed by atoms with van der Waals surface area (Å²) in [4.78, 5) is 27.8. The Morgan fingerprint density at radius 3 is 2.10 bits per heavy atom. The molecule has 2 heterocycles. The summed E-state index contributed by atoms with van der Waals surface area (Å²) in [6.45, 7) is 0. The van der Waals surface area contributed by atoms with Crippen LogP contribution in [-0.4, -0.2) is 49.6 Å². The molecule has 0 radical (unpaired) electrons. The largest absolute Gasteiger partial charge is 0.503 e. The number of esters is 1. The van der Waals surface area contributed by atoms with Crippen molar-refractivity contribution in [3.8, 4) is 11.5 Å². The van der Waals surface area contributed by atoms with Crippen LogP contribution in [0.1, 0.15) is 5.56 Å². The second-order valence-corrected chi connectivity index (χ2v) is 8.05. The average molecular weight is 439 g/mol. The van der Waals surface area contributed by atoms with Crippen LogP contribution in [0, 0.1) is 0 Å². The Balaban J connectivity index is 1.81. The molecule has 2 atom stereocenters. The van der Waals surface area contributed by atoms with E-state index in [1.54, 1.807) is 38.5 Å². The van der Waals surface area contributed by atoms with Crippen LogP contribution in [0.15, 0.2) is 65.9 Å². The van der Waals surface area contributed by atoms with Gasteiger partial charge in [-0.2, -0.15) is 0 Å². The van der Waals surface area contributed by atoms with Crippen LogP contribution in [0.5, 0.6) is 11.5 Å². The molecule has 1 N–H and O–H groups in total. The van der Waals surface area contributed by atoms with Crippen LogP contribution >= 0.6 is 11.8 Å². The van der Waals surface area contributed by atoms with Gasteiger partial charge in [-0.05, 0) is 48.0 Å². The molecule has 2 aromatic rings. The number of hydrogen-bond donors (Lipinski definition) is 1. The Bertz CT molecular complexity index is 1070. The molecule has 0 fully saturated rings. The first-order valence-electron chi connectivity index (χ1n) is 9.49. The fourth-order valence-electron chi connectivity index (χ4n) is 3.68. The molecule has 160 valence electrons. The van der Waals surface area contributed by atoms with E-state index in [1.807, 2.05) is 30.3 Å². The molecule has 0 aliphatic carbocycles. The number of hydrogen-bond acceptors (Lipinski definition) is 7. The fourth-order valence-corrected chi connectivity index (χ4v) is 4.99. The first-order chi connectivity index (χ1) is 15.0. The van der Waals surface area contributed by atoms with Crippen molar-refractivity contribution < 1.29 is 28.9 Å². The van der Waals surface area contributed by atoms with Gasteiger partial charge in [-0.1, -0.05) is 12.1 Å². The molecular formula is C23H21NO6S. The summed E-state index contributed by atoms with van der Waals surface area (Å²) in [5.41, 5.74) is 1.78. The number of nitrogens with zero attached hydrogens (tertiary/aromatic N) is 1. The number of rotatable bonds is 5. The van der Waals surface area contributed by atoms with Crippen LogP contribution in [0.25, 0.3) is 4.91 Å². The standard InChI is InChI=1S/C23H21NO6S/c1-28-15-8-4-13(5-9-15)18-12-17-19(21(31-18)23(27)30-3)20(25)22(26)24(17)14-6-10-16(29-2)11-7-14/h4-12,17,21,25H,1-3H3. The first kappa shape index (κ1) is 20.9. The van der Waals surface area contributed by atoms with E-state index in [4.69, 9.17) is 14.2 Å². The minimum absolute atomic E-state index is 0.329. The van der Waals surface area contributed by atoms with Crippen molar-refractivity contribution in [1.29, 1.82) is 0 Å². The van der Waals surface area contributed by atoms with Gasteiger partial charge in [0.25, 0.3) is 5.91 Å². The Hall–Kier alpha value is -3.39. The van der Waals surface area contributed by atoms with Gasteiger partial charge in [-0.3, -0.25) is 14.5 Å². The Morgan fingerprint density at radius 1 is 0.968 bits per heavy atom. The number of anilines is 1. The van der Waals surface area contributed by atoms with Gasteiger partial charge < -0.3 is 19.3 Å². The molecule has 2 unspecified atom stereocenters. The zero-order chi connectivity index (χ0) is 22.1. The number of benzene rings is 2. The van der Waals surface area contributed by atoms with Crippen molar-refractivity contribution in [3.05, 3.63) is 71.5 Å². The topological polar surface area (TPSA) is 85.3 Å². The molecule has 1 amide bonds. The van der Waals surface area contributed by atoms with Crippen LogP contribution in [-0.2, 0) is 14.3 Å². The number of aliphatic hydroxyl groups is 1. The molecule has 2 aliphatic heterocycles. The second kappa shape index (κ2) is 8.39. The second-order valence-electron chi connectivity index (χ2n) is 6.90. The summed E-state index contributed by atoms with van der Waals surface area (Å²) >= 11 is 1.25. The maximum atomic E-state index is 13.0. The van der Waals surface area contributed by atoms with Crippen molar-refractivity contribution in [2.75, 3.05) is 26.2 Å². The normalized spacial score (nSPS) is 20.3. The molecule has 0 saturated heterocycles. The summed E-state index contributed by atoms with van der Waals surface area (Å²) in [6, 6.07) is 13.8. The monoisotopic (exact) mass is 439 g/mol. The smallest absolute Gasteiger partial charge is 0.323 e. The first-order valence-corrected chi connectivity index (χ1v) is 10.4. The number of amides is 1. The maximum absolute atomic E-state index is 13.0. The van der Waals surface area contributed by atoms with Gasteiger partial charge >= 0.3 is 5.97 Å². The molecule has 0 aromatic heterocycles. The maximum Gasteiger partial charge on any atom is 0.323 e. The zero-order valence-electron chi connectivity index (χ0n) is 17.2. The molecule has 0 spiro atoms. The van der Waals surface area contributed by atoms with E-state index < -0.39 is 28.9 Å². The number of ether oxygens (including phenoxy) is 3. The Kier molecular flexibility index (Phi) is 5.65. The highest BCUT2D eigenvalue weighted by molar-refractivity contribution is 8.09. The molecule has 2 aliphatic rings. The lowest BCUT2D eigenvalue weighted by atomic mass is 10.0. The van der Waals surface area contributed by atoms with E-state index in [2.05, 4.69) is 0 Å². The van der Waals surface area contributed by atoms with Gasteiger partial charge in [0.15, 0.2) is 5.76 Å². The number of carbonyl (C=O) groups is 2. The van der Waals surface area contributed by atoms with Gasteiger partial charge in [-0.15, -0.1) is 11.8 Å². The predicted octanol–water partition coefficient (Wildman–Crippen LogP) is 3.56. The minimum Gasteiger partial charge on any atom is -0.503 e. The number of fused-ring (bicyclic) bond motifs is 1. The van der Waals surface area contributed by atoms with Crippen LogP contribution in [0.3, 0.4) is 0 Å². The van der Waals surface area contributed by atoms with E-state index in [0.717, 1.165) is 10.5 Å². The van der Waals surface area contributed by atoms with Crippen molar-refractivity contribution in [2.45, 2.75) is 11.3 Å². The molecule has 0 bridgehead atoms. The minimum atomic E-state index is -0.843. The Labute approximate surface area is 183 Å². The summed E-state index contributed by atoms with van der Waals surface area (Å²) in [7, 11) is 4.44. The summed E-state index contributed by atoms with van der Waals surface area (Å²) in [6.07, 6.45) is 1.88. The third-order valence-electron chi connectivity index (χ3n) is 5.27. The van der Waals surface area contributed by atoms with E-state index in [0.29, 0.717) is 22.8 Å². The van der Waals surface area contributed by atoms with Crippen LogP contribution < -0.4 is 14.4 Å². The van der Waals surface area contributed by atoms with E-state index in [9.17, 15) is 14.7 Å². The molecule has 2 aromatic carbocycles. The van der Waals surface area contributed by atoms with Gasteiger partial charge in [-0.25, -0.2) is 0 Å². The molecular weight excluding hydrogens is 418 g/mol. The predicted molar refractivity (Wildman–Crippen MR) is 118 cm³/mol. The van der Waals surface area contributed by atoms with Crippen molar-refractivity contribution in [3.63, 3.8) is 0 Å². The number of aliphatic hydroxyl groups excluding tert-OH is 1. The summed E-state index contributed by atoms with van der Waals surface area (Å²) < 4.78 is 15.4. The van der Waals surface area contributed by atoms with Gasteiger partial charge in [0.05, 0.1) is 27.4 Å². The van der Waals surface area contributed by atoms with E-state index in [1.165, 1.54) is 23.8 Å². The van der Waals surface area contributed by atoms with E-state index >= 15 is 0 Å². The van der Waals surface area contributed by atoms with Gasteiger partial charge in [0.2, 0.25) is 0 Å². The third-order valence-corrected chi connectivity index (χ3v) is 6.58. The number of carbonyl (C=O) groups excluding carboxylic acids is 2. The number of thioether (sulfide) groups is 1. The number of methoxy groups -OCH3 is 3. The molecule has 31 heavy (non-hydrogen) atoms. The third kappa shape index (κ3) is 3.63. The van der Waals surface area contributed by atoms with Gasteiger partial charge in [0.1, 0.15) is 16.7 Å². The van der Waals surface area contributed by atoms with Crippen molar-refractivity contribution in [1.82, 2.24) is 0 Å². The quantitative estimate of drug-likeness (QED) is 0.713. The van der Waals surface area contributed by atoms with Crippen molar-refractivity contribution in [2.24, 2.45) is 0 Å². The van der Waals surface area contributed by atoms with Gasteiger partial charge in [0, 0.05) is 16.2 Å². The van der Waals surface area contributed by atoms with Crippen LogP contribution in [0.4, 0.5) is 5.69 Å². The fraction of sp³-hybridized carbons (Fsp3) is 0.217. The van der Waals surface area contributed by atoms with E-state index in [-0.39, 0.29) is 0 Å². The average Bonchev–Trinajstić information content (AvgIpc) is 3.08. The lowest BCUT2D eigenvalue weighted by Gasteiger charge is -2.31. The SMILES string of the molecule is COC(=O)C1SC(c2ccc(OC)cc2)=CC2C1=C(O)C(=O)N2c1ccc(OC)cc1. The summed E-state index contributed by atoms with van der Waals surface area (Å²) in [5.74, 6) is -0.154. The molecule has 7 nitrogen and oxygen atoms in total. The lowest BCUT2D eigenvalue weighted by Crippen LogP contribution is -2.39. The molecule has 0 saturated carbocycles. The zero-order valence-corrected chi connectivity index (χ0v) is 18.0. The molecule has 4 rings (SSSR count). The van der Waals surface area contributed by atoms with Crippen LogP contribution in [0.2, 0.25) is 0 Å². The lowest BCUT2D eigenvalue weighted by molar-refractivity contribution is -0.139. The summed E-state index contributed by atoms with van der Waals surface area (Å²) in [5, 5.41) is 9.82.